The lowest BCUT2D eigenvalue weighted by atomic mass is 10.2. The number of nitrogens with zero attached hydrogens (tertiary/aromatic N) is 3. The number of phenols is 1. The van der Waals surface area contributed by atoms with E-state index in [1.807, 2.05) is 5.38 Å². The average molecular weight is 328 g/mol. The van der Waals surface area contributed by atoms with Gasteiger partial charge < -0.3 is 19.7 Å². The summed E-state index contributed by atoms with van der Waals surface area (Å²) >= 11 is 1.52. The van der Waals surface area contributed by atoms with Gasteiger partial charge in [0.1, 0.15) is 16.3 Å². The van der Waals surface area contributed by atoms with Gasteiger partial charge >= 0.3 is 0 Å². The highest BCUT2D eigenvalue weighted by atomic mass is 32.1. The number of oxazole rings is 1. The Bertz CT molecular complexity index is 848. The molecule has 2 bridgehead atoms. The van der Waals surface area contributed by atoms with Crippen molar-refractivity contribution < 1.29 is 9.52 Å². The van der Waals surface area contributed by atoms with E-state index in [1.54, 1.807) is 18.3 Å². The van der Waals surface area contributed by atoms with Crippen LogP contribution in [0.2, 0.25) is 0 Å². The van der Waals surface area contributed by atoms with Gasteiger partial charge in [-0.05, 0) is 18.9 Å². The van der Waals surface area contributed by atoms with Crippen molar-refractivity contribution in [1.29, 1.82) is 0 Å². The molecule has 7 heteroatoms. The van der Waals surface area contributed by atoms with E-state index >= 15 is 0 Å². The monoisotopic (exact) mass is 328 g/mol. The Morgan fingerprint density at radius 3 is 2.83 bits per heavy atom. The molecule has 6 nitrogen and oxygen atoms in total. The van der Waals surface area contributed by atoms with Gasteiger partial charge in [0, 0.05) is 42.8 Å². The molecule has 2 atom stereocenters. The summed E-state index contributed by atoms with van der Waals surface area (Å²) in [7, 11) is 0. The predicted octanol–water partition coefficient (Wildman–Crippen LogP) is 2.60. The molecule has 2 aliphatic rings. The number of aromatic hydroxyl groups is 1. The maximum absolute atomic E-state index is 10.00. The molecule has 0 radical (unpaired) electrons. The van der Waals surface area contributed by atoms with Crippen molar-refractivity contribution in [1.82, 2.24) is 15.3 Å². The number of aromatic nitrogens is 2. The van der Waals surface area contributed by atoms with Gasteiger partial charge in [0.05, 0.1) is 5.56 Å². The molecule has 2 fully saturated rings. The first kappa shape index (κ1) is 13.3. The van der Waals surface area contributed by atoms with Crippen LogP contribution in [-0.4, -0.2) is 40.2 Å². The van der Waals surface area contributed by atoms with E-state index in [2.05, 4.69) is 20.2 Å². The molecular weight excluding hydrogens is 312 g/mol. The zero-order valence-electron chi connectivity index (χ0n) is 12.4. The van der Waals surface area contributed by atoms with Crippen LogP contribution in [0.1, 0.15) is 12.8 Å². The molecule has 0 spiro atoms. The summed E-state index contributed by atoms with van der Waals surface area (Å²) in [6, 6.07) is 5.03. The highest BCUT2D eigenvalue weighted by Gasteiger charge is 2.34. The number of benzene rings is 1. The number of nitrogens with one attached hydrogen (secondary N) is 1. The molecule has 23 heavy (non-hydrogen) atoms. The highest BCUT2D eigenvalue weighted by molar-refractivity contribution is 7.13. The normalized spacial score (nSPS) is 23.7. The van der Waals surface area contributed by atoms with E-state index in [1.165, 1.54) is 24.2 Å². The van der Waals surface area contributed by atoms with Gasteiger partial charge in [-0.3, -0.25) is 0 Å². The molecule has 0 saturated carbocycles. The number of piperazine rings is 1. The van der Waals surface area contributed by atoms with Crippen LogP contribution >= 0.6 is 11.3 Å². The minimum atomic E-state index is 0.183. The fourth-order valence-electron chi connectivity index (χ4n) is 3.61. The SMILES string of the molecule is Oc1cc(-c2nccs2)c2oc(N3CC4CCC(C3)N4)nc2c1. The third-order valence-corrected chi connectivity index (χ3v) is 5.42. The molecule has 0 aliphatic carbocycles. The van der Waals surface area contributed by atoms with Gasteiger partial charge in [0.15, 0.2) is 5.58 Å². The first-order valence-corrected chi connectivity index (χ1v) is 8.68. The first-order valence-electron chi connectivity index (χ1n) is 7.81. The van der Waals surface area contributed by atoms with Crippen molar-refractivity contribution in [2.45, 2.75) is 24.9 Å². The number of rotatable bonds is 2. The fourth-order valence-corrected chi connectivity index (χ4v) is 4.26. The minimum absolute atomic E-state index is 0.183. The van der Waals surface area contributed by atoms with Crippen LogP contribution < -0.4 is 10.2 Å². The molecule has 2 unspecified atom stereocenters. The molecule has 118 valence electrons. The maximum atomic E-state index is 10.00. The van der Waals surface area contributed by atoms with Gasteiger partial charge in [0.2, 0.25) is 0 Å². The second-order valence-electron chi connectivity index (χ2n) is 6.22. The quantitative estimate of drug-likeness (QED) is 0.753. The van der Waals surface area contributed by atoms with E-state index < -0.39 is 0 Å². The molecule has 0 amide bonds. The van der Waals surface area contributed by atoms with Crippen LogP contribution in [0, 0.1) is 0 Å². The molecule has 2 aromatic heterocycles. The summed E-state index contributed by atoms with van der Waals surface area (Å²) in [5.74, 6) is 0.183. The Morgan fingerprint density at radius 1 is 1.26 bits per heavy atom. The van der Waals surface area contributed by atoms with Gasteiger partial charge in [0.25, 0.3) is 6.01 Å². The third-order valence-electron chi connectivity index (χ3n) is 4.61. The Labute approximate surface area is 136 Å². The van der Waals surface area contributed by atoms with Crippen LogP contribution in [0.15, 0.2) is 28.1 Å². The molecule has 2 N–H and O–H groups in total. The smallest absolute Gasteiger partial charge is 0.298 e. The van der Waals surface area contributed by atoms with Gasteiger partial charge in [-0.1, -0.05) is 0 Å². The Balaban J connectivity index is 1.60. The topological polar surface area (TPSA) is 74.4 Å². The average Bonchev–Trinajstić information content (AvgIpc) is 3.26. The van der Waals surface area contributed by atoms with E-state index in [9.17, 15) is 5.11 Å². The first-order chi connectivity index (χ1) is 11.3. The summed E-state index contributed by atoms with van der Waals surface area (Å²) < 4.78 is 6.08. The lowest BCUT2D eigenvalue weighted by Crippen LogP contribution is -2.51. The van der Waals surface area contributed by atoms with Crippen LogP contribution in [0.5, 0.6) is 5.75 Å². The largest absolute Gasteiger partial charge is 0.508 e. The van der Waals surface area contributed by atoms with Gasteiger partial charge in [-0.15, -0.1) is 11.3 Å². The number of thiazole rings is 1. The molecule has 5 rings (SSSR count). The Morgan fingerprint density at radius 2 is 2.09 bits per heavy atom. The van der Waals surface area contributed by atoms with Crippen molar-refractivity contribution >= 4 is 28.5 Å². The van der Waals surface area contributed by atoms with Crippen LogP contribution in [0.3, 0.4) is 0 Å². The van der Waals surface area contributed by atoms with E-state index in [0.29, 0.717) is 29.2 Å². The number of hydrogen-bond donors (Lipinski definition) is 2. The van der Waals surface area contributed by atoms with Crippen LogP contribution in [-0.2, 0) is 0 Å². The van der Waals surface area contributed by atoms with Crippen molar-refractivity contribution in [2.24, 2.45) is 0 Å². The lowest BCUT2D eigenvalue weighted by Gasteiger charge is -2.31. The second-order valence-corrected chi connectivity index (χ2v) is 7.11. The van der Waals surface area contributed by atoms with Crippen molar-refractivity contribution in [3.8, 4) is 16.3 Å². The maximum Gasteiger partial charge on any atom is 0.298 e. The standard InChI is InChI=1S/C16H16N4O2S/c21-11-5-12(15-17-3-4-23-15)14-13(6-11)19-16(22-14)20-7-9-1-2-10(8-20)18-9/h3-6,9-10,18,21H,1-2,7-8H2. The zero-order valence-corrected chi connectivity index (χ0v) is 13.2. The number of anilines is 1. The predicted molar refractivity (Wildman–Crippen MR) is 88.9 cm³/mol. The number of fused-ring (bicyclic) bond motifs is 3. The molecule has 2 saturated heterocycles. The van der Waals surface area contributed by atoms with Crippen LogP contribution in [0.4, 0.5) is 6.01 Å². The van der Waals surface area contributed by atoms with Gasteiger partial charge in [-0.25, -0.2) is 4.98 Å². The summed E-state index contributed by atoms with van der Waals surface area (Å²) in [5, 5.41) is 16.3. The Hall–Kier alpha value is -2.12. The van der Waals surface area contributed by atoms with Crippen LogP contribution in [0.25, 0.3) is 21.7 Å². The number of phenolic OH excluding ortho intramolecular Hbond substituents is 1. The second kappa shape index (κ2) is 4.94. The van der Waals surface area contributed by atoms with Crippen molar-refractivity contribution in [3.05, 3.63) is 23.7 Å². The van der Waals surface area contributed by atoms with Gasteiger partial charge in [-0.2, -0.15) is 4.98 Å². The fraction of sp³-hybridized carbons (Fsp3) is 0.375. The summed E-state index contributed by atoms with van der Waals surface area (Å²) in [4.78, 5) is 11.2. The van der Waals surface area contributed by atoms with E-state index in [4.69, 9.17) is 4.42 Å². The molecule has 3 aromatic rings. The highest BCUT2D eigenvalue weighted by Crippen LogP contribution is 2.36. The van der Waals surface area contributed by atoms with E-state index in [0.717, 1.165) is 23.7 Å². The number of hydrogen-bond acceptors (Lipinski definition) is 7. The summed E-state index contributed by atoms with van der Waals surface area (Å²) in [5.41, 5.74) is 2.17. The summed E-state index contributed by atoms with van der Waals surface area (Å²) in [6.45, 7) is 1.84. The minimum Gasteiger partial charge on any atom is -0.508 e. The Kier molecular flexibility index (Phi) is 2.86. The molecule has 2 aliphatic heterocycles. The third kappa shape index (κ3) is 2.19. The molecular formula is C16H16N4O2S. The molecule has 4 heterocycles. The van der Waals surface area contributed by atoms with E-state index in [-0.39, 0.29) is 5.75 Å². The van der Waals surface area contributed by atoms with Crippen molar-refractivity contribution in [3.63, 3.8) is 0 Å². The van der Waals surface area contributed by atoms with Crippen molar-refractivity contribution in [2.75, 3.05) is 18.0 Å². The zero-order chi connectivity index (χ0) is 15.4. The molecule has 1 aromatic carbocycles. The lowest BCUT2D eigenvalue weighted by molar-refractivity contribution is 0.437. The summed E-state index contributed by atoms with van der Waals surface area (Å²) in [6.07, 6.45) is 4.18.